The third-order valence-electron chi connectivity index (χ3n) is 2.63. The van der Waals surface area contributed by atoms with Crippen molar-refractivity contribution in [1.29, 1.82) is 0 Å². The summed E-state index contributed by atoms with van der Waals surface area (Å²) in [4.78, 5) is 11.9. The molecule has 0 saturated heterocycles. The van der Waals surface area contributed by atoms with E-state index in [4.69, 9.17) is 16.3 Å². The number of ether oxygens (including phenoxy) is 1. The van der Waals surface area contributed by atoms with E-state index in [0.29, 0.717) is 20.4 Å². The van der Waals surface area contributed by atoms with Crippen LogP contribution < -0.4 is 10.1 Å². The molecule has 0 atom stereocenters. The van der Waals surface area contributed by atoms with Gasteiger partial charge in [0.15, 0.2) is 10.9 Å². The van der Waals surface area contributed by atoms with Gasteiger partial charge in [-0.15, -0.1) is 10.2 Å². The van der Waals surface area contributed by atoms with E-state index in [0.717, 1.165) is 22.9 Å². The van der Waals surface area contributed by atoms with E-state index in [1.807, 2.05) is 0 Å². The molecule has 0 radical (unpaired) electrons. The Morgan fingerprint density at radius 3 is 3.04 bits per heavy atom. The highest BCUT2D eigenvalue weighted by Crippen LogP contribution is 2.28. The number of halogens is 2. The summed E-state index contributed by atoms with van der Waals surface area (Å²) in [7, 11) is 0. The van der Waals surface area contributed by atoms with Crippen molar-refractivity contribution in [1.82, 2.24) is 10.2 Å². The first-order valence-electron chi connectivity index (χ1n) is 6.92. The van der Waals surface area contributed by atoms with E-state index in [9.17, 15) is 4.79 Å². The molecule has 2 rings (SSSR count). The fraction of sp³-hybridized carbons (Fsp3) is 0.357. The average Bonchev–Trinajstić information content (AvgIpc) is 2.94. The number of carbonyl (C=O) groups is 1. The Kier molecular flexibility index (Phi) is 7.61. The molecule has 0 aliphatic carbocycles. The summed E-state index contributed by atoms with van der Waals surface area (Å²) in [5.74, 6) is 1.28. The summed E-state index contributed by atoms with van der Waals surface area (Å²) >= 11 is 12.2. The molecule has 0 spiro atoms. The maximum atomic E-state index is 11.9. The highest BCUT2D eigenvalue weighted by Gasteiger charge is 2.10. The van der Waals surface area contributed by atoms with Gasteiger partial charge in [0, 0.05) is 10.8 Å². The molecule has 5 nitrogen and oxygen atoms in total. The molecular formula is C14H15BrClN3O2S2. The Bertz CT molecular complexity index is 669. The first-order valence-corrected chi connectivity index (χ1v) is 9.89. The zero-order chi connectivity index (χ0) is 16.7. The number of nitrogens with zero attached hydrogens (tertiary/aromatic N) is 2. The summed E-state index contributed by atoms with van der Waals surface area (Å²) in [6, 6.07) is 5.11. The van der Waals surface area contributed by atoms with Gasteiger partial charge >= 0.3 is 0 Å². The summed E-state index contributed by atoms with van der Waals surface area (Å²) < 4.78 is 7.00. The van der Waals surface area contributed by atoms with Gasteiger partial charge in [-0.05, 0) is 40.5 Å². The van der Waals surface area contributed by atoms with Crippen LogP contribution in [0.15, 0.2) is 27.0 Å². The lowest BCUT2D eigenvalue weighted by atomic mass is 10.3. The van der Waals surface area contributed by atoms with E-state index < -0.39 is 0 Å². The molecular weight excluding hydrogens is 422 g/mol. The molecule has 1 heterocycles. The molecule has 0 saturated carbocycles. The molecule has 0 unspecified atom stereocenters. The van der Waals surface area contributed by atoms with Gasteiger partial charge in [-0.25, -0.2) is 0 Å². The summed E-state index contributed by atoms with van der Waals surface area (Å²) in [5.41, 5.74) is 0. The quantitative estimate of drug-likeness (QED) is 0.363. The zero-order valence-corrected chi connectivity index (χ0v) is 16.3. The van der Waals surface area contributed by atoms with Crippen LogP contribution in [0.4, 0.5) is 5.13 Å². The molecule has 2 aromatic rings. The average molecular weight is 437 g/mol. The number of unbranched alkanes of at least 4 members (excludes halogenated alkanes) is 1. The Morgan fingerprint density at radius 2 is 2.30 bits per heavy atom. The molecule has 0 aliphatic heterocycles. The lowest BCUT2D eigenvalue weighted by molar-refractivity contribution is -0.118. The second-order valence-corrected chi connectivity index (χ2v) is 8.10. The van der Waals surface area contributed by atoms with Crippen molar-refractivity contribution >= 4 is 61.7 Å². The second kappa shape index (κ2) is 9.46. The van der Waals surface area contributed by atoms with Crippen LogP contribution in [0, 0.1) is 0 Å². The number of hydrogen-bond acceptors (Lipinski definition) is 6. The number of thioether (sulfide) groups is 1. The molecule has 1 aromatic heterocycles. The maximum Gasteiger partial charge on any atom is 0.264 e. The Balaban J connectivity index is 1.80. The minimum atomic E-state index is -0.284. The summed E-state index contributed by atoms with van der Waals surface area (Å²) in [5, 5.41) is 11.7. The topological polar surface area (TPSA) is 64.1 Å². The van der Waals surface area contributed by atoms with Crippen LogP contribution in [0.5, 0.6) is 5.75 Å². The van der Waals surface area contributed by atoms with Gasteiger partial charge in [0.1, 0.15) is 5.75 Å². The third-order valence-corrected chi connectivity index (χ3v) is 5.54. The minimum Gasteiger partial charge on any atom is -0.483 e. The number of carbonyl (C=O) groups excluding carboxylic acids is 1. The van der Waals surface area contributed by atoms with Crippen molar-refractivity contribution in [2.45, 2.75) is 24.1 Å². The molecule has 9 heteroatoms. The SMILES string of the molecule is CCCCSc1nnc(NC(=O)COc2ccc(Cl)cc2Br)s1. The fourth-order valence-electron chi connectivity index (χ4n) is 1.51. The predicted molar refractivity (Wildman–Crippen MR) is 98.8 cm³/mol. The van der Waals surface area contributed by atoms with Gasteiger partial charge < -0.3 is 4.74 Å². The van der Waals surface area contributed by atoms with E-state index in [1.165, 1.54) is 11.3 Å². The molecule has 124 valence electrons. The third kappa shape index (κ3) is 6.29. The van der Waals surface area contributed by atoms with E-state index >= 15 is 0 Å². The van der Waals surface area contributed by atoms with Crippen LogP contribution in [-0.2, 0) is 4.79 Å². The first-order chi connectivity index (χ1) is 11.1. The van der Waals surface area contributed by atoms with E-state index in [-0.39, 0.29) is 12.5 Å². The molecule has 1 N–H and O–H groups in total. The van der Waals surface area contributed by atoms with Crippen LogP contribution in [0.3, 0.4) is 0 Å². The summed E-state index contributed by atoms with van der Waals surface area (Å²) in [6.45, 7) is 2.03. The van der Waals surface area contributed by atoms with Crippen molar-refractivity contribution in [3.8, 4) is 5.75 Å². The first kappa shape index (κ1) is 18.5. The Hall–Kier alpha value is -0.830. The zero-order valence-electron chi connectivity index (χ0n) is 12.3. The van der Waals surface area contributed by atoms with E-state index in [1.54, 1.807) is 30.0 Å². The van der Waals surface area contributed by atoms with Crippen LogP contribution in [0.2, 0.25) is 5.02 Å². The number of nitrogens with one attached hydrogen (secondary N) is 1. The fourth-order valence-corrected chi connectivity index (χ4v) is 4.23. The van der Waals surface area contributed by atoms with Crippen molar-refractivity contribution in [2.24, 2.45) is 0 Å². The van der Waals surface area contributed by atoms with Crippen molar-refractivity contribution in [2.75, 3.05) is 17.7 Å². The number of rotatable bonds is 8. The van der Waals surface area contributed by atoms with E-state index in [2.05, 4.69) is 38.4 Å². The smallest absolute Gasteiger partial charge is 0.264 e. The van der Waals surface area contributed by atoms with Crippen molar-refractivity contribution < 1.29 is 9.53 Å². The lowest BCUT2D eigenvalue weighted by Crippen LogP contribution is -2.20. The molecule has 1 amide bonds. The molecule has 1 aromatic carbocycles. The van der Waals surface area contributed by atoms with Gasteiger partial charge in [-0.1, -0.05) is 48.0 Å². The van der Waals surface area contributed by atoms with Crippen molar-refractivity contribution in [3.05, 3.63) is 27.7 Å². The number of anilines is 1. The molecule has 0 aliphatic rings. The molecule has 23 heavy (non-hydrogen) atoms. The van der Waals surface area contributed by atoms with Crippen LogP contribution in [0.1, 0.15) is 19.8 Å². The van der Waals surface area contributed by atoms with Gasteiger partial charge in [0.05, 0.1) is 4.47 Å². The highest BCUT2D eigenvalue weighted by atomic mass is 79.9. The maximum absolute atomic E-state index is 11.9. The number of hydrogen-bond donors (Lipinski definition) is 1. The molecule has 0 bridgehead atoms. The Morgan fingerprint density at radius 1 is 1.48 bits per heavy atom. The molecule has 0 fully saturated rings. The Labute approximate surface area is 156 Å². The van der Waals surface area contributed by atoms with Crippen molar-refractivity contribution in [3.63, 3.8) is 0 Å². The second-order valence-electron chi connectivity index (χ2n) is 4.49. The minimum absolute atomic E-state index is 0.113. The van der Waals surface area contributed by atoms with Gasteiger partial charge in [-0.2, -0.15) is 0 Å². The van der Waals surface area contributed by atoms with Gasteiger partial charge in [0.2, 0.25) is 5.13 Å². The lowest BCUT2D eigenvalue weighted by Gasteiger charge is -2.07. The number of aromatic nitrogens is 2. The number of amides is 1. The number of benzene rings is 1. The summed E-state index contributed by atoms with van der Waals surface area (Å²) in [6.07, 6.45) is 2.28. The standard InChI is InChI=1S/C14H15BrClN3O2S2/c1-2-3-6-22-14-19-18-13(23-14)17-12(20)8-21-11-5-4-9(16)7-10(11)15/h4-5,7H,2-3,6,8H2,1H3,(H,17,18,20). The van der Waals surface area contributed by atoms with Crippen LogP contribution in [0.25, 0.3) is 0 Å². The van der Waals surface area contributed by atoms with Crippen LogP contribution >= 0.6 is 50.6 Å². The van der Waals surface area contributed by atoms with Crippen LogP contribution in [-0.4, -0.2) is 28.5 Å². The highest BCUT2D eigenvalue weighted by molar-refractivity contribution is 9.10. The normalized spacial score (nSPS) is 10.6. The predicted octanol–water partition coefficient (Wildman–Crippen LogP) is 4.86. The van der Waals surface area contributed by atoms with Gasteiger partial charge in [-0.3, -0.25) is 10.1 Å². The van der Waals surface area contributed by atoms with Gasteiger partial charge in [0.25, 0.3) is 5.91 Å². The largest absolute Gasteiger partial charge is 0.483 e. The monoisotopic (exact) mass is 435 g/mol.